The third kappa shape index (κ3) is 3.06. The molecular formula is C20H26N2O2. The molecule has 1 aromatic carbocycles. The minimum absolute atomic E-state index is 0.0626. The number of nitrogens with one attached hydrogen (secondary N) is 1. The van der Waals surface area contributed by atoms with Crippen molar-refractivity contribution in [2.75, 3.05) is 7.11 Å². The zero-order valence-electron chi connectivity index (χ0n) is 14.4. The van der Waals surface area contributed by atoms with Crippen LogP contribution >= 0.6 is 0 Å². The highest BCUT2D eigenvalue weighted by atomic mass is 16.5. The molecule has 0 unspecified atom stereocenters. The Kier molecular flexibility index (Phi) is 4.30. The van der Waals surface area contributed by atoms with Crippen LogP contribution in [0.2, 0.25) is 0 Å². The maximum absolute atomic E-state index is 12.2. The van der Waals surface area contributed by atoms with E-state index in [2.05, 4.69) is 9.97 Å². The van der Waals surface area contributed by atoms with Crippen LogP contribution in [-0.4, -0.2) is 17.1 Å². The summed E-state index contributed by atoms with van der Waals surface area (Å²) in [7, 11) is 1.62. The SMILES string of the molecule is COc1ccc2nc(CCCCC[C@H]3CC4CC3C4)c(=O)[nH]c2c1. The van der Waals surface area contributed by atoms with E-state index in [4.69, 9.17) is 4.74 Å². The second kappa shape index (κ2) is 6.58. The van der Waals surface area contributed by atoms with E-state index in [1.165, 1.54) is 38.5 Å². The summed E-state index contributed by atoms with van der Waals surface area (Å²) in [6, 6.07) is 5.60. The Morgan fingerprint density at radius 1 is 1.21 bits per heavy atom. The van der Waals surface area contributed by atoms with Gasteiger partial charge in [-0.25, -0.2) is 4.98 Å². The molecule has 0 saturated heterocycles. The number of aromatic nitrogens is 2. The van der Waals surface area contributed by atoms with E-state index in [-0.39, 0.29) is 5.56 Å². The van der Waals surface area contributed by atoms with Crippen molar-refractivity contribution < 1.29 is 4.74 Å². The lowest BCUT2D eigenvalue weighted by atomic mass is 9.81. The molecule has 5 rings (SSSR count). The summed E-state index contributed by atoms with van der Waals surface area (Å²) in [4.78, 5) is 19.7. The largest absolute Gasteiger partial charge is 0.497 e. The topological polar surface area (TPSA) is 55.0 Å². The standard InChI is InChI=1S/C20H26N2O2/c1-24-16-7-8-17-19(12-16)22-20(23)18(21-17)6-4-2-3-5-14-9-13-10-15(14)11-13/h7-8,12-15H,2-6,9-11H2,1H3,(H,22,23)/t13?,14-,15?/m0/s1. The maximum Gasteiger partial charge on any atom is 0.270 e. The summed E-state index contributed by atoms with van der Waals surface area (Å²) in [5, 5.41) is 0. The number of unbranched alkanes of at least 4 members (excludes halogenated alkanes) is 2. The fourth-order valence-electron chi connectivity index (χ4n) is 4.61. The van der Waals surface area contributed by atoms with E-state index in [1.54, 1.807) is 7.11 Å². The van der Waals surface area contributed by atoms with Crippen LogP contribution in [0.5, 0.6) is 5.75 Å². The molecule has 128 valence electrons. The molecule has 4 nitrogen and oxygen atoms in total. The van der Waals surface area contributed by atoms with Crippen molar-refractivity contribution in [1.29, 1.82) is 0 Å². The van der Waals surface area contributed by atoms with E-state index < -0.39 is 0 Å². The Hall–Kier alpha value is -1.84. The highest BCUT2D eigenvalue weighted by molar-refractivity contribution is 5.75. The van der Waals surface area contributed by atoms with E-state index in [9.17, 15) is 4.79 Å². The molecule has 0 amide bonds. The van der Waals surface area contributed by atoms with Crippen molar-refractivity contribution in [1.82, 2.24) is 9.97 Å². The number of aromatic amines is 1. The van der Waals surface area contributed by atoms with Gasteiger partial charge in [-0.3, -0.25) is 4.79 Å². The molecule has 1 N–H and O–H groups in total. The van der Waals surface area contributed by atoms with Crippen LogP contribution in [0.1, 0.15) is 50.6 Å². The van der Waals surface area contributed by atoms with Gasteiger partial charge in [0.25, 0.3) is 5.56 Å². The molecule has 0 radical (unpaired) electrons. The molecule has 4 heteroatoms. The molecule has 1 aromatic heterocycles. The average Bonchev–Trinajstić information content (AvgIpc) is 3.13. The van der Waals surface area contributed by atoms with Gasteiger partial charge in [0.15, 0.2) is 0 Å². The van der Waals surface area contributed by atoms with Gasteiger partial charge in [-0.1, -0.05) is 19.3 Å². The summed E-state index contributed by atoms with van der Waals surface area (Å²) in [5.74, 6) is 3.86. The normalized spacial score (nSPS) is 25.0. The van der Waals surface area contributed by atoms with Crippen LogP contribution in [0.15, 0.2) is 23.0 Å². The monoisotopic (exact) mass is 326 g/mol. The highest BCUT2D eigenvalue weighted by Crippen LogP contribution is 2.53. The number of fused-ring (bicyclic) bond motifs is 2. The van der Waals surface area contributed by atoms with Crippen molar-refractivity contribution in [3.8, 4) is 5.75 Å². The quantitative estimate of drug-likeness (QED) is 0.780. The van der Waals surface area contributed by atoms with E-state index in [1.807, 2.05) is 18.2 Å². The second-order valence-corrected chi connectivity index (χ2v) is 7.59. The molecule has 0 spiro atoms. The van der Waals surface area contributed by atoms with Gasteiger partial charge in [0.05, 0.1) is 18.1 Å². The summed E-state index contributed by atoms with van der Waals surface area (Å²) in [5.41, 5.74) is 2.17. The molecule has 0 aliphatic heterocycles. The number of aryl methyl sites for hydroxylation is 1. The van der Waals surface area contributed by atoms with Gasteiger partial charge >= 0.3 is 0 Å². The van der Waals surface area contributed by atoms with Crippen LogP contribution < -0.4 is 10.3 Å². The van der Waals surface area contributed by atoms with Crippen molar-refractivity contribution in [3.63, 3.8) is 0 Å². The first-order chi connectivity index (χ1) is 11.7. The minimum atomic E-state index is -0.0626. The number of benzene rings is 1. The molecule has 3 aliphatic carbocycles. The summed E-state index contributed by atoms with van der Waals surface area (Å²) in [6.45, 7) is 0. The van der Waals surface area contributed by atoms with Crippen LogP contribution in [0.25, 0.3) is 11.0 Å². The van der Waals surface area contributed by atoms with Gasteiger partial charge in [0.2, 0.25) is 0 Å². The van der Waals surface area contributed by atoms with Crippen molar-refractivity contribution in [2.45, 2.75) is 51.4 Å². The molecule has 2 bridgehead atoms. The zero-order chi connectivity index (χ0) is 16.5. The van der Waals surface area contributed by atoms with Crippen molar-refractivity contribution in [2.24, 2.45) is 17.8 Å². The van der Waals surface area contributed by atoms with Gasteiger partial charge in [0.1, 0.15) is 11.4 Å². The first kappa shape index (κ1) is 15.7. The van der Waals surface area contributed by atoms with Crippen LogP contribution in [-0.2, 0) is 6.42 Å². The molecule has 3 saturated carbocycles. The Labute approximate surface area is 142 Å². The predicted molar refractivity (Wildman–Crippen MR) is 95.4 cm³/mol. The fraction of sp³-hybridized carbons (Fsp3) is 0.600. The first-order valence-electron chi connectivity index (χ1n) is 9.30. The molecule has 3 fully saturated rings. The minimum Gasteiger partial charge on any atom is -0.497 e. The number of ether oxygens (including phenoxy) is 1. The number of rotatable bonds is 7. The maximum atomic E-state index is 12.2. The molecule has 2 aromatic rings. The summed E-state index contributed by atoms with van der Waals surface area (Å²) >= 11 is 0. The average molecular weight is 326 g/mol. The smallest absolute Gasteiger partial charge is 0.270 e. The molecule has 3 aliphatic rings. The predicted octanol–water partition coefficient (Wildman–Crippen LogP) is 4.08. The number of nitrogens with zero attached hydrogens (tertiary/aromatic N) is 1. The lowest BCUT2D eigenvalue weighted by Crippen LogP contribution is -2.15. The van der Waals surface area contributed by atoms with E-state index in [0.29, 0.717) is 5.69 Å². The molecular weight excluding hydrogens is 300 g/mol. The molecule has 1 atom stereocenters. The summed E-state index contributed by atoms with van der Waals surface area (Å²) in [6.07, 6.45) is 10.2. The van der Waals surface area contributed by atoms with E-state index >= 15 is 0 Å². The number of H-pyrrole nitrogens is 1. The van der Waals surface area contributed by atoms with Gasteiger partial charge in [-0.05, 0) is 62.0 Å². The van der Waals surface area contributed by atoms with Gasteiger partial charge < -0.3 is 9.72 Å². The Morgan fingerprint density at radius 3 is 2.83 bits per heavy atom. The van der Waals surface area contributed by atoms with Crippen molar-refractivity contribution in [3.05, 3.63) is 34.2 Å². The third-order valence-corrected chi connectivity index (χ3v) is 6.03. The van der Waals surface area contributed by atoms with E-state index in [0.717, 1.165) is 47.4 Å². The second-order valence-electron chi connectivity index (χ2n) is 7.59. The fourth-order valence-corrected chi connectivity index (χ4v) is 4.61. The molecule has 24 heavy (non-hydrogen) atoms. The third-order valence-electron chi connectivity index (χ3n) is 6.03. The number of methoxy groups -OCH3 is 1. The number of hydrogen-bond acceptors (Lipinski definition) is 3. The Morgan fingerprint density at radius 2 is 2.08 bits per heavy atom. The highest BCUT2D eigenvalue weighted by Gasteiger charge is 2.43. The van der Waals surface area contributed by atoms with Gasteiger partial charge in [0, 0.05) is 6.07 Å². The van der Waals surface area contributed by atoms with Gasteiger partial charge in [-0.2, -0.15) is 0 Å². The van der Waals surface area contributed by atoms with Crippen LogP contribution in [0.4, 0.5) is 0 Å². The lowest BCUT2D eigenvalue weighted by Gasteiger charge is -2.24. The summed E-state index contributed by atoms with van der Waals surface area (Å²) < 4.78 is 5.19. The van der Waals surface area contributed by atoms with Crippen LogP contribution in [0.3, 0.4) is 0 Å². The molecule has 1 heterocycles. The zero-order valence-corrected chi connectivity index (χ0v) is 14.4. The Bertz CT molecular complexity index is 777. The number of hydrogen-bond donors (Lipinski definition) is 1. The first-order valence-corrected chi connectivity index (χ1v) is 9.30. The van der Waals surface area contributed by atoms with Crippen LogP contribution in [0, 0.1) is 17.8 Å². The Balaban J connectivity index is 1.31. The van der Waals surface area contributed by atoms with Crippen molar-refractivity contribution >= 4 is 11.0 Å². The lowest BCUT2D eigenvalue weighted by molar-refractivity contribution is 0.266. The van der Waals surface area contributed by atoms with Gasteiger partial charge in [-0.15, -0.1) is 0 Å².